The fourth-order valence-corrected chi connectivity index (χ4v) is 6.16. The second kappa shape index (κ2) is 10.4. The average molecular weight is 533 g/mol. The molecular formula is C39H64. The predicted molar refractivity (Wildman–Crippen MR) is 177 cm³/mol. The van der Waals surface area contributed by atoms with Crippen molar-refractivity contribution < 1.29 is 0 Å². The van der Waals surface area contributed by atoms with Crippen molar-refractivity contribution in [3.05, 3.63) is 68.8 Å². The Morgan fingerprint density at radius 2 is 0.821 bits per heavy atom. The average Bonchev–Trinajstić information content (AvgIpc) is 2.67. The third-order valence-electron chi connectivity index (χ3n) is 8.21. The zero-order chi connectivity index (χ0) is 30.7. The third-order valence-corrected chi connectivity index (χ3v) is 8.21. The molecule has 220 valence electrons. The lowest BCUT2D eigenvalue weighted by atomic mass is 9.62. The van der Waals surface area contributed by atoms with Gasteiger partial charge >= 0.3 is 0 Å². The SMILES string of the molecule is CC(Cc1cc(C(C)(C)C)cc(C(C)(C)C)c1)c1cc(C(C)(C)C)c(C(C)(C)C)c(C(C)(C)C)c1C(C)(C)C. The highest BCUT2D eigenvalue weighted by atomic mass is 14.4. The van der Waals surface area contributed by atoms with E-state index >= 15 is 0 Å². The summed E-state index contributed by atoms with van der Waals surface area (Å²) in [5.41, 5.74) is 12.6. The van der Waals surface area contributed by atoms with E-state index in [0.29, 0.717) is 5.92 Å². The zero-order valence-corrected chi connectivity index (χ0v) is 29.6. The Hall–Kier alpha value is -1.56. The summed E-state index contributed by atoms with van der Waals surface area (Å²) in [6, 6.07) is 10.0. The smallest absolute Gasteiger partial charge is 0.0126 e. The lowest BCUT2D eigenvalue weighted by molar-refractivity contribution is 0.470. The molecule has 2 aromatic carbocycles. The van der Waals surface area contributed by atoms with Gasteiger partial charge in [-0.1, -0.05) is 156 Å². The molecule has 0 spiro atoms. The molecule has 2 aromatic rings. The van der Waals surface area contributed by atoms with Crippen LogP contribution in [-0.2, 0) is 38.9 Å². The van der Waals surface area contributed by atoms with Crippen LogP contribution in [0.4, 0.5) is 0 Å². The molecule has 0 aliphatic heterocycles. The fraction of sp³-hybridized carbons (Fsp3) is 0.692. The number of hydrogen-bond donors (Lipinski definition) is 0. The third kappa shape index (κ3) is 7.80. The molecule has 2 rings (SSSR count). The van der Waals surface area contributed by atoms with Crippen LogP contribution in [0.1, 0.15) is 182 Å². The molecule has 0 aromatic heterocycles. The van der Waals surface area contributed by atoms with Crippen molar-refractivity contribution in [1.82, 2.24) is 0 Å². The monoisotopic (exact) mass is 533 g/mol. The van der Waals surface area contributed by atoms with E-state index in [0.717, 1.165) is 6.42 Å². The maximum Gasteiger partial charge on any atom is -0.0126 e. The first-order valence-electron chi connectivity index (χ1n) is 15.4. The van der Waals surface area contributed by atoms with Crippen LogP contribution in [0.25, 0.3) is 0 Å². The van der Waals surface area contributed by atoms with Gasteiger partial charge in [-0.3, -0.25) is 0 Å². The van der Waals surface area contributed by atoms with E-state index in [4.69, 9.17) is 0 Å². The second-order valence-electron chi connectivity index (χ2n) is 18.7. The summed E-state index contributed by atoms with van der Waals surface area (Å²) < 4.78 is 0. The van der Waals surface area contributed by atoms with Crippen LogP contribution in [-0.4, -0.2) is 0 Å². The van der Waals surface area contributed by atoms with Gasteiger partial charge in [-0.25, -0.2) is 0 Å². The molecule has 0 N–H and O–H groups in total. The highest BCUT2D eigenvalue weighted by Gasteiger charge is 2.38. The van der Waals surface area contributed by atoms with Crippen molar-refractivity contribution >= 4 is 0 Å². The van der Waals surface area contributed by atoms with Crippen molar-refractivity contribution in [3.63, 3.8) is 0 Å². The van der Waals surface area contributed by atoms with Crippen molar-refractivity contribution in [2.75, 3.05) is 0 Å². The fourth-order valence-electron chi connectivity index (χ4n) is 6.16. The molecule has 0 nitrogen and oxygen atoms in total. The van der Waals surface area contributed by atoms with Gasteiger partial charge in [-0.05, 0) is 89.3 Å². The molecule has 0 aliphatic rings. The van der Waals surface area contributed by atoms with Crippen LogP contribution in [0.2, 0.25) is 0 Å². The molecule has 0 heterocycles. The summed E-state index contributed by atoms with van der Waals surface area (Å²) in [6.07, 6.45) is 1.05. The molecule has 0 radical (unpaired) electrons. The number of hydrogen-bond acceptors (Lipinski definition) is 0. The normalized spacial score (nSPS) is 15.1. The van der Waals surface area contributed by atoms with E-state index in [2.05, 4.69) is 156 Å². The maximum absolute atomic E-state index is 2.62. The Kier molecular flexibility index (Phi) is 8.94. The lowest BCUT2D eigenvalue weighted by Crippen LogP contribution is -2.33. The standard InChI is InChI=1S/C39H64/c1-25(20-26-21-27(34(2,3)4)23-28(22-26)35(5,6)7)29-24-30(36(8,9)10)32(38(14,15)16)33(39(17,18)19)31(29)37(11,12)13/h21-25H,20H2,1-19H3. The van der Waals surface area contributed by atoms with Gasteiger partial charge in [0.25, 0.3) is 0 Å². The first-order chi connectivity index (χ1) is 17.1. The number of rotatable bonds is 3. The van der Waals surface area contributed by atoms with Crippen molar-refractivity contribution in [1.29, 1.82) is 0 Å². The summed E-state index contributed by atoms with van der Waals surface area (Å²) in [5.74, 6) is 0.415. The number of benzene rings is 2. The van der Waals surface area contributed by atoms with Gasteiger partial charge in [0.2, 0.25) is 0 Å². The minimum atomic E-state index is 0.0481. The molecule has 0 amide bonds. The summed E-state index contributed by atoms with van der Waals surface area (Å²) in [6.45, 7) is 45.5. The summed E-state index contributed by atoms with van der Waals surface area (Å²) in [5, 5.41) is 0. The van der Waals surface area contributed by atoms with Crippen LogP contribution in [0.5, 0.6) is 0 Å². The molecule has 1 atom stereocenters. The van der Waals surface area contributed by atoms with E-state index in [9.17, 15) is 0 Å². The van der Waals surface area contributed by atoms with Gasteiger partial charge in [0.1, 0.15) is 0 Å². The van der Waals surface area contributed by atoms with Gasteiger partial charge in [-0.2, -0.15) is 0 Å². The highest BCUT2D eigenvalue weighted by molar-refractivity contribution is 5.57. The summed E-state index contributed by atoms with van der Waals surface area (Å²) in [4.78, 5) is 0. The molecule has 1 unspecified atom stereocenters. The van der Waals surface area contributed by atoms with E-state index < -0.39 is 0 Å². The Bertz CT molecular complexity index is 1130. The first-order valence-corrected chi connectivity index (χ1v) is 15.4. The van der Waals surface area contributed by atoms with Gasteiger partial charge in [0.05, 0.1) is 0 Å². The molecule has 0 saturated carbocycles. The molecule has 0 aliphatic carbocycles. The van der Waals surface area contributed by atoms with Crippen LogP contribution < -0.4 is 0 Å². The van der Waals surface area contributed by atoms with E-state index in [-0.39, 0.29) is 32.5 Å². The maximum atomic E-state index is 2.62. The summed E-state index contributed by atoms with van der Waals surface area (Å²) in [7, 11) is 0. The molecule has 0 heteroatoms. The van der Waals surface area contributed by atoms with Gasteiger partial charge in [-0.15, -0.1) is 0 Å². The molecule has 0 fully saturated rings. The largest absolute Gasteiger partial charge is 0.0581 e. The Morgan fingerprint density at radius 3 is 1.13 bits per heavy atom. The first kappa shape index (κ1) is 33.6. The van der Waals surface area contributed by atoms with Crippen LogP contribution in [0.15, 0.2) is 24.3 Å². The minimum absolute atomic E-state index is 0.0481. The van der Waals surface area contributed by atoms with E-state index in [1.54, 1.807) is 22.3 Å². The van der Waals surface area contributed by atoms with Gasteiger partial charge in [0, 0.05) is 0 Å². The van der Waals surface area contributed by atoms with Gasteiger partial charge in [0.15, 0.2) is 0 Å². The van der Waals surface area contributed by atoms with Crippen LogP contribution in [0, 0.1) is 0 Å². The zero-order valence-electron chi connectivity index (χ0n) is 29.6. The summed E-state index contributed by atoms with van der Waals surface area (Å²) >= 11 is 0. The highest BCUT2D eigenvalue weighted by Crippen LogP contribution is 2.48. The second-order valence-corrected chi connectivity index (χ2v) is 18.7. The van der Waals surface area contributed by atoms with Crippen LogP contribution >= 0.6 is 0 Å². The van der Waals surface area contributed by atoms with Crippen molar-refractivity contribution in [3.8, 4) is 0 Å². The lowest BCUT2D eigenvalue weighted by Gasteiger charge is -2.43. The molecule has 39 heavy (non-hydrogen) atoms. The minimum Gasteiger partial charge on any atom is -0.0581 e. The van der Waals surface area contributed by atoms with Crippen molar-refractivity contribution in [2.45, 2.75) is 176 Å². The Balaban J connectivity index is 2.98. The Labute approximate surface area is 244 Å². The van der Waals surface area contributed by atoms with E-state index in [1.165, 1.54) is 22.3 Å². The molecule has 0 bridgehead atoms. The quantitative estimate of drug-likeness (QED) is 0.369. The van der Waals surface area contributed by atoms with Crippen LogP contribution in [0.3, 0.4) is 0 Å². The molecule has 0 saturated heterocycles. The predicted octanol–water partition coefficient (Wildman–Crippen LogP) is 11.8. The Morgan fingerprint density at radius 1 is 0.436 bits per heavy atom. The van der Waals surface area contributed by atoms with E-state index in [1.807, 2.05) is 0 Å². The van der Waals surface area contributed by atoms with Crippen molar-refractivity contribution in [2.24, 2.45) is 0 Å². The topological polar surface area (TPSA) is 0 Å². The molecular weight excluding hydrogens is 468 g/mol. The van der Waals surface area contributed by atoms with Gasteiger partial charge < -0.3 is 0 Å².